The summed E-state index contributed by atoms with van der Waals surface area (Å²) in [4.78, 5) is 0. The van der Waals surface area contributed by atoms with Crippen molar-refractivity contribution in [2.45, 2.75) is 19.3 Å². The van der Waals surface area contributed by atoms with E-state index in [1.807, 2.05) is 0 Å². The van der Waals surface area contributed by atoms with Crippen molar-refractivity contribution in [3.63, 3.8) is 0 Å². The van der Waals surface area contributed by atoms with Crippen molar-refractivity contribution in [3.05, 3.63) is 145 Å². The van der Waals surface area contributed by atoms with Crippen LogP contribution in [0.5, 0.6) is 0 Å². The predicted molar refractivity (Wildman–Crippen MR) is 174 cm³/mol. The summed E-state index contributed by atoms with van der Waals surface area (Å²) in [5.41, 5.74) is 16.0. The van der Waals surface area contributed by atoms with Gasteiger partial charge in [0.15, 0.2) is 0 Å². The maximum atomic E-state index is 2.41. The summed E-state index contributed by atoms with van der Waals surface area (Å²) in [5, 5.41) is 5.28. The molecule has 0 aliphatic heterocycles. The monoisotopic (exact) mass is 520 g/mol. The van der Waals surface area contributed by atoms with E-state index in [0.29, 0.717) is 0 Å². The lowest BCUT2D eigenvalue weighted by Gasteiger charge is -2.21. The molecule has 41 heavy (non-hydrogen) atoms. The van der Waals surface area contributed by atoms with Gasteiger partial charge in [0.25, 0.3) is 0 Å². The first-order valence-electron chi connectivity index (χ1n) is 14.5. The maximum Gasteiger partial charge on any atom is 0.0159 e. The Morgan fingerprint density at radius 3 is 1.85 bits per heavy atom. The average molecular weight is 521 g/mol. The van der Waals surface area contributed by atoms with E-state index >= 15 is 0 Å². The Bertz CT molecular complexity index is 2230. The second-order valence-corrected chi connectivity index (χ2v) is 12.2. The Kier molecular flexibility index (Phi) is 4.49. The van der Waals surface area contributed by atoms with Gasteiger partial charge in [0.2, 0.25) is 0 Å². The first-order chi connectivity index (χ1) is 20.1. The van der Waals surface area contributed by atoms with E-state index < -0.39 is 0 Å². The first kappa shape index (κ1) is 22.8. The molecule has 0 heteroatoms. The minimum atomic E-state index is 0.0224. The van der Waals surface area contributed by atoms with Crippen LogP contribution in [0.2, 0.25) is 0 Å². The zero-order valence-electron chi connectivity index (χ0n) is 23.2. The summed E-state index contributed by atoms with van der Waals surface area (Å²) in [6.07, 6.45) is 0. The molecule has 7 aromatic carbocycles. The lowest BCUT2D eigenvalue weighted by Crippen LogP contribution is -2.14. The zero-order chi connectivity index (χ0) is 27.3. The molecule has 0 bridgehead atoms. The van der Waals surface area contributed by atoms with Crippen LogP contribution in [0.3, 0.4) is 0 Å². The summed E-state index contributed by atoms with van der Waals surface area (Å²) in [5.74, 6) is 0. The lowest BCUT2D eigenvalue weighted by molar-refractivity contribution is 0.661. The van der Waals surface area contributed by atoms with Crippen LogP contribution < -0.4 is 0 Å². The van der Waals surface area contributed by atoms with Crippen molar-refractivity contribution in [2.75, 3.05) is 0 Å². The van der Waals surface area contributed by atoms with Gasteiger partial charge >= 0.3 is 0 Å². The second kappa shape index (κ2) is 8.05. The fraction of sp³-hybridized carbons (Fsp3) is 0.0732. The van der Waals surface area contributed by atoms with Gasteiger partial charge in [0.05, 0.1) is 0 Å². The average Bonchev–Trinajstić information content (AvgIpc) is 3.46. The molecular formula is C41H28. The van der Waals surface area contributed by atoms with Gasteiger partial charge in [-0.1, -0.05) is 111 Å². The van der Waals surface area contributed by atoms with E-state index in [2.05, 4.69) is 147 Å². The molecule has 192 valence electrons. The van der Waals surface area contributed by atoms with Crippen molar-refractivity contribution < 1.29 is 0 Å². The highest BCUT2D eigenvalue weighted by molar-refractivity contribution is 6.16. The van der Waals surface area contributed by atoms with Gasteiger partial charge in [0, 0.05) is 5.41 Å². The van der Waals surface area contributed by atoms with Crippen molar-refractivity contribution in [3.8, 4) is 55.6 Å². The minimum absolute atomic E-state index is 0.0224. The largest absolute Gasteiger partial charge is 0.0619 e. The Hall–Kier alpha value is -4.94. The molecular weight excluding hydrogens is 492 g/mol. The molecule has 2 aliphatic carbocycles. The smallest absolute Gasteiger partial charge is 0.0159 e. The van der Waals surface area contributed by atoms with E-state index in [9.17, 15) is 0 Å². The highest BCUT2D eigenvalue weighted by Crippen LogP contribution is 2.50. The van der Waals surface area contributed by atoms with Crippen LogP contribution in [0.4, 0.5) is 0 Å². The summed E-state index contributed by atoms with van der Waals surface area (Å²) in [6, 6.07) is 49.9. The van der Waals surface area contributed by atoms with Crippen LogP contribution in [0.1, 0.15) is 25.0 Å². The highest BCUT2D eigenvalue weighted by Gasteiger charge is 2.35. The zero-order valence-corrected chi connectivity index (χ0v) is 23.2. The number of rotatable bonds is 2. The van der Waals surface area contributed by atoms with Crippen LogP contribution in [0, 0.1) is 0 Å². The Morgan fingerprint density at radius 1 is 0.341 bits per heavy atom. The fourth-order valence-electron chi connectivity index (χ4n) is 7.49. The van der Waals surface area contributed by atoms with Gasteiger partial charge in [-0.3, -0.25) is 0 Å². The predicted octanol–water partition coefficient (Wildman–Crippen LogP) is 11.3. The van der Waals surface area contributed by atoms with E-state index in [4.69, 9.17) is 0 Å². The van der Waals surface area contributed by atoms with Crippen LogP contribution >= 0.6 is 0 Å². The third-order valence-corrected chi connectivity index (χ3v) is 9.55. The topological polar surface area (TPSA) is 0 Å². The molecule has 0 unspecified atom stereocenters. The number of hydrogen-bond donors (Lipinski definition) is 0. The molecule has 0 spiro atoms. The molecule has 7 aromatic rings. The molecule has 2 aliphatic rings. The molecule has 0 heterocycles. The van der Waals surface area contributed by atoms with Crippen LogP contribution in [-0.4, -0.2) is 0 Å². The minimum Gasteiger partial charge on any atom is -0.0619 e. The summed E-state index contributed by atoms with van der Waals surface area (Å²) < 4.78 is 0. The highest BCUT2D eigenvalue weighted by atomic mass is 14.4. The molecule has 0 atom stereocenters. The lowest BCUT2D eigenvalue weighted by atomic mass is 9.82. The quantitative estimate of drug-likeness (QED) is 0.213. The van der Waals surface area contributed by atoms with Gasteiger partial charge in [-0.15, -0.1) is 0 Å². The second-order valence-electron chi connectivity index (χ2n) is 12.2. The molecule has 0 amide bonds. The first-order valence-corrected chi connectivity index (χ1v) is 14.5. The Morgan fingerprint density at radius 2 is 1.00 bits per heavy atom. The van der Waals surface area contributed by atoms with Gasteiger partial charge < -0.3 is 0 Å². The molecule has 0 fully saturated rings. The Labute approximate surface area is 240 Å². The van der Waals surface area contributed by atoms with Crippen molar-refractivity contribution >= 4 is 21.5 Å². The van der Waals surface area contributed by atoms with Gasteiger partial charge in [0.1, 0.15) is 0 Å². The number of benzene rings is 7. The number of fused-ring (bicyclic) bond motifs is 7. The number of hydrogen-bond acceptors (Lipinski definition) is 0. The standard InChI is InChI=1S/C41H28/c1-41(2)38-16-6-5-14-34(38)36-22-30-20-27(17-18-28(30)24-39(36)41)25-9-7-10-26(19-25)31-21-29-11-8-15-35-32-12-3-4-13-33(32)37(23-31)40(29)35/h3-24H,1-2H3. The van der Waals surface area contributed by atoms with Crippen LogP contribution in [0.15, 0.2) is 133 Å². The van der Waals surface area contributed by atoms with Crippen LogP contribution in [0.25, 0.3) is 77.2 Å². The maximum absolute atomic E-state index is 2.41. The van der Waals surface area contributed by atoms with E-state index in [1.54, 1.807) is 0 Å². The van der Waals surface area contributed by atoms with Crippen molar-refractivity contribution in [1.29, 1.82) is 0 Å². The van der Waals surface area contributed by atoms with E-state index in [0.717, 1.165) is 0 Å². The Balaban J connectivity index is 1.17. The normalized spacial score (nSPS) is 13.8. The van der Waals surface area contributed by atoms with E-state index in [-0.39, 0.29) is 5.41 Å². The molecule has 0 N–H and O–H groups in total. The molecule has 0 saturated carbocycles. The van der Waals surface area contributed by atoms with Gasteiger partial charge in [-0.2, -0.15) is 0 Å². The third-order valence-electron chi connectivity index (χ3n) is 9.55. The SMILES string of the molecule is CC1(C)c2ccccc2-c2cc3cc(-c4cccc(-c5cc6c7c(cccc7c5)-c5ccccc5-6)c4)ccc3cc21. The van der Waals surface area contributed by atoms with E-state index in [1.165, 1.54) is 88.3 Å². The third kappa shape index (κ3) is 3.16. The molecule has 0 nitrogen and oxygen atoms in total. The van der Waals surface area contributed by atoms with Crippen molar-refractivity contribution in [2.24, 2.45) is 0 Å². The summed E-state index contributed by atoms with van der Waals surface area (Å²) >= 11 is 0. The van der Waals surface area contributed by atoms with Crippen LogP contribution in [-0.2, 0) is 5.41 Å². The fourth-order valence-corrected chi connectivity index (χ4v) is 7.49. The summed E-state index contributed by atoms with van der Waals surface area (Å²) in [6.45, 7) is 4.70. The molecule has 0 saturated heterocycles. The van der Waals surface area contributed by atoms with Gasteiger partial charge in [-0.25, -0.2) is 0 Å². The molecule has 9 rings (SSSR count). The molecule has 0 radical (unpaired) electrons. The molecule has 0 aromatic heterocycles. The van der Waals surface area contributed by atoms with Gasteiger partial charge in [-0.05, 0) is 125 Å². The van der Waals surface area contributed by atoms with Crippen molar-refractivity contribution in [1.82, 2.24) is 0 Å². The summed E-state index contributed by atoms with van der Waals surface area (Å²) in [7, 11) is 0.